The van der Waals surface area contributed by atoms with Gasteiger partial charge in [-0.15, -0.1) is 0 Å². The number of carbonyl (C=O) groups excluding carboxylic acids is 4. The van der Waals surface area contributed by atoms with E-state index in [0.29, 0.717) is 67.0 Å². The number of anilines is 4. The Morgan fingerprint density at radius 1 is 0.914 bits per heavy atom. The molecule has 2 aromatic carbocycles. The molecule has 1 unspecified atom stereocenters. The molecular weight excluding hydrogens is 749 g/mol. The second-order valence-corrected chi connectivity index (χ2v) is 15.3. The van der Waals surface area contributed by atoms with E-state index in [0.717, 1.165) is 70.9 Å². The van der Waals surface area contributed by atoms with Crippen molar-refractivity contribution >= 4 is 46.8 Å². The smallest absolute Gasteiger partial charge is 0.413 e. The predicted octanol–water partition coefficient (Wildman–Crippen LogP) is 5.65. The molecule has 3 N–H and O–H groups in total. The fourth-order valence-corrected chi connectivity index (χ4v) is 7.95. The van der Waals surface area contributed by atoms with Gasteiger partial charge in [-0.1, -0.05) is 31.4 Å². The molecule has 1 aliphatic carbocycles. The number of likely N-dealkylation sites (N-methyl/N-ethyl adjacent to an activating group) is 1. The molecule has 4 fully saturated rings. The van der Waals surface area contributed by atoms with Crippen LogP contribution in [0.4, 0.5) is 36.6 Å². The summed E-state index contributed by atoms with van der Waals surface area (Å²) in [6, 6.07) is 11.5. The molecule has 1 atom stereocenters. The first-order chi connectivity index (χ1) is 28.0. The number of methoxy groups -OCH3 is 1. The van der Waals surface area contributed by atoms with Gasteiger partial charge in [-0.25, -0.2) is 23.5 Å². The summed E-state index contributed by atoms with van der Waals surface area (Å²) in [5.41, 5.74) is 2.44. The quantitative estimate of drug-likeness (QED) is 0.230. The van der Waals surface area contributed by atoms with Crippen LogP contribution in [0.5, 0.6) is 0 Å². The fraction of sp³-hybridized carbons (Fsp3) is 0.524. The zero-order valence-corrected chi connectivity index (χ0v) is 33.6. The van der Waals surface area contributed by atoms with Crippen molar-refractivity contribution in [3.05, 3.63) is 60.3 Å². The van der Waals surface area contributed by atoms with Crippen LogP contribution in [-0.2, 0) is 19.1 Å². The monoisotopic (exact) mass is 803 g/mol. The molecule has 0 spiro atoms. The largest absolute Gasteiger partial charge is 0.452 e. The first kappa shape index (κ1) is 42.2. The van der Waals surface area contributed by atoms with Crippen molar-refractivity contribution in [2.75, 3.05) is 80.4 Å². The Kier molecular flexibility index (Phi) is 14.5. The summed E-state index contributed by atoms with van der Waals surface area (Å²) >= 11 is 0. The SMILES string of the molecule is CCN(C(=O)OC)c1cccc(-c2nc(NC3CCN(C(=O)C4CCCCC4)CC3)ncc2F)c1.CN1CCN(c2ccc(NC3CCC(=O)NC3=O)cc2F)CC1. The Bertz CT molecular complexity index is 1910. The van der Waals surface area contributed by atoms with Crippen LogP contribution < -0.4 is 25.8 Å². The Labute approximate surface area is 338 Å². The standard InChI is InChI=1S/C26H34FN5O3.C16H21FN4O2/c1-3-32(26(34)35-2)21-11-7-10-19(16-21)23-22(27)17-28-25(30-23)29-20-12-14-31(15-13-20)24(33)18-8-5-4-6-9-18;1-20-6-8-21(9-7-20)14-4-2-11(10-12(14)17)18-13-3-5-15(22)19-16(13)23/h7,10-11,16-18,20H,3-6,8-9,12-15H2,1-2H3,(H,28,29,30);2,4,10,13,18H,3,5-9H2,1H3,(H,19,22,23). The van der Waals surface area contributed by atoms with E-state index < -0.39 is 18.0 Å². The van der Waals surface area contributed by atoms with Gasteiger partial charge in [0.1, 0.15) is 17.6 Å². The van der Waals surface area contributed by atoms with Gasteiger partial charge in [0.05, 0.1) is 19.0 Å². The highest BCUT2D eigenvalue weighted by Crippen LogP contribution is 2.29. The number of amides is 4. The maximum atomic E-state index is 14.7. The summed E-state index contributed by atoms with van der Waals surface area (Å²) < 4.78 is 33.9. The number of piperidine rings is 2. The van der Waals surface area contributed by atoms with Crippen LogP contribution in [0.3, 0.4) is 0 Å². The van der Waals surface area contributed by atoms with Crippen molar-refractivity contribution in [1.29, 1.82) is 0 Å². The van der Waals surface area contributed by atoms with E-state index in [1.54, 1.807) is 36.4 Å². The van der Waals surface area contributed by atoms with Crippen molar-refractivity contribution in [3.63, 3.8) is 0 Å². The van der Waals surface area contributed by atoms with Gasteiger partial charge in [0.2, 0.25) is 23.7 Å². The number of nitrogens with one attached hydrogen (secondary N) is 3. The van der Waals surface area contributed by atoms with Crippen molar-refractivity contribution in [3.8, 4) is 11.3 Å². The molecular formula is C42H55F2N9O5. The van der Waals surface area contributed by atoms with Crippen LogP contribution in [0, 0.1) is 17.6 Å². The topological polar surface area (TPSA) is 152 Å². The zero-order chi connectivity index (χ0) is 41.2. The van der Waals surface area contributed by atoms with Gasteiger partial charge in [-0.2, -0.15) is 0 Å². The van der Waals surface area contributed by atoms with E-state index in [1.165, 1.54) is 24.5 Å². The number of nitrogens with zero attached hydrogens (tertiary/aromatic N) is 6. The first-order valence-electron chi connectivity index (χ1n) is 20.4. The summed E-state index contributed by atoms with van der Waals surface area (Å²) in [5, 5.41) is 8.60. The highest BCUT2D eigenvalue weighted by molar-refractivity contribution is 6.01. The van der Waals surface area contributed by atoms with Gasteiger partial charge < -0.3 is 30.1 Å². The van der Waals surface area contributed by atoms with E-state index >= 15 is 0 Å². The lowest BCUT2D eigenvalue weighted by atomic mass is 9.87. The van der Waals surface area contributed by atoms with E-state index in [1.807, 2.05) is 16.7 Å². The van der Waals surface area contributed by atoms with Crippen molar-refractivity contribution in [1.82, 2.24) is 25.1 Å². The Balaban J connectivity index is 0.000000213. The number of imide groups is 1. The van der Waals surface area contributed by atoms with Crippen LogP contribution in [0.15, 0.2) is 48.7 Å². The van der Waals surface area contributed by atoms with Crippen LogP contribution >= 0.6 is 0 Å². The van der Waals surface area contributed by atoms with Gasteiger partial charge in [0, 0.05) is 81.1 Å². The predicted molar refractivity (Wildman–Crippen MR) is 219 cm³/mol. The molecule has 14 nitrogen and oxygen atoms in total. The lowest BCUT2D eigenvalue weighted by Gasteiger charge is -2.35. The number of rotatable bonds is 9. The second kappa shape index (κ2) is 19.9. The fourth-order valence-electron chi connectivity index (χ4n) is 7.95. The average molecular weight is 804 g/mol. The minimum atomic E-state index is -0.540. The number of hydrogen-bond donors (Lipinski definition) is 3. The Morgan fingerprint density at radius 3 is 2.33 bits per heavy atom. The molecule has 16 heteroatoms. The highest BCUT2D eigenvalue weighted by atomic mass is 19.1. The number of piperazine rings is 1. The van der Waals surface area contributed by atoms with Crippen molar-refractivity contribution in [2.45, 2.75) is 76.8 Å². The Hall–Kier alpha value is -5.38. The number of hydrogen-bond acceptors (Lipinski definition) is 11. The minimum Gasteiger partial charge on any atom is -0.452 e. The summed E-state index contributed by atoms with van der Waals surface area (Å²) in [4.78, 5) is 64.0. The molecule has 1 aromatic heterocycles. The molecule has 1 saturated carbocycles. The molecule has 0 bridgehead atoms. The van der Waals surface area contributed by atoms with Crippen LogP contribution in [0.1, 0.15) is 64.7 Å². The average Bonchev–Trinajstić information content (AvgIpc) is 3.24. The van der Waals surface area contributed by atoms with Crippen LogP contribution in [-0.4, -0.2) is 116 Å². The molecule has 4 heterocycles. The third-order valence-electron chi connectivity index (χ3n) is 11.4. The number of aromatic nitrogens is 2. The number of carbonyl (C=O) groups is 4. The van der Waals surface area contributed by atoms with E-state index in [-0.39, 0.29) is 35.3 Å². The van der Waals surface area contributed by atoms with Gasteiger partial charge in [0.25, 0.3) is 0 Å². The van der Waals surface area contributed by atoms with Gasteiger partial charge >= 0.3 is 6.09 Å². The van der Waals surface area contributed by atoms with Gasteiger partial charge in [-0.3, -0.25) is 24.6 Å². The number of likely N-dealkylation sites (tertiary alicyclic amines) is 1. The molecule has 7 rings (SSSR count). The maximum absolute atomic E-state index is 14.7. The molecule has 4 amide bonds. The third-order valence-corrected chi connectivity index (χ3v) is 11.4. The number of ether oxygens (including phenoxy) is 1. The number of benzene rings is 2. The van der Waals surface area contributed by atoms with Gasteiger partial charge in [-0.05, 0) is 76.4 Å². The van der Waals surface area contributed by atoms with E-state index in [9.17, 15) is 28.0 Å². The molecule has 4 aliphatic rings. The normalized spacial score (nSPS) is 19.4. The summed E-state index contributed by atoms with van der Waals surface area (Å²) in [6.45, 7) is 7.10. The summed E-state index contributed by atoms with van der Waals surface area (Å²) in [7, 11) is 3.38. The van der Waals surface area contributed by atoms with Crippen LogP contribution in [0.25, 0.3) is 11.3 Å². The van der Waals surface area contributed by atoms with E-state index in [2.05, 4.69) is 37.9 Å². The van der Waals surface area contributed by atoms with Crippen LogP contribution in [0.2, 0.25) is 0 Å². The van der Waals surface area contributed by atoms with Crippen molar-refractivity contribution < 1.29 is 32.7 Å². The summed E-state index contributed by atoms with van der Waals surface area (Å²) in [6.07, 6.45) is 8.57. The maximum Gasteiger partial charge on any atom is 0.413 e. The highest BCUT2D eigenvalue weighted by Gasteiger charge is 2.30. The first-order valence-corrected chi connectivity index (χ1v) is 20.4. The third kappa shape index (κ3) is 10.8. The molecule has 3 saturated heterocycles. The lowest BCUT2D eigenvalue weighted by molar-refractivity contribution is -0.137. The summed E-state index contributed by atoms with van der Waals surface area (Å²) in [5.74, 6) is -0.613. The number of halogens is 2. The Morgan fingerprint density at radius 2 is 1.66 bits per heavy atom. The molecule has 0 radical (unpaired) electrons. The molecule has 3 aliphatic heterocycles. The van der Waals surface area contributed by atoms with Crippen molar-refractivity contribution in [2.24, 2.45) is 5.92 Å². The van der Waals surface area contributed by atoms with Gasteiger partial charge in [0.15, 0.2) is 5.82 Å². The minimum absolute atomic E-state index is 0.116. The van der Waals surface area contributed by atoms with E-state index in [4.69, 9.17) is 4.74 Å². The second-order valence-electron chi connectivity index (χ2n) is 15.3. The zero-order valence-electron chi connectivity index (χ0n) is 33.6. The lowest BCUT2D eigenvalue weighted by Crippen LogP contribution is -2.47. The molecule has 312 valence electrons. The molecule has 3 aromatic rings. The molecule has 58 heavy (non-hydrogen) atoms.